The van der Waals surface area contributed by atoms with Gasteiger partial charge in [-0.3, -0.25) is 0 Å². The Labute approximate surface area is 93.6 Å². The molecule has 14 heavy (non-hydrogen) atoms. The molecule has 1 aromatic rings. The highest BCUT2D eigenvalue weighted by atomic mass is 79.9. The number of nitrogen functional groups attached to an aromatic ring is 1. The number of halogens is 1. The topological polar surface area (TPSA) is 35.2 Å². The molecule has 0 saturated heterocycles. The third-order valence-corrected chi connectivity index (χ3v) is 2.55. The van der Waals surface area contributed by atoms with Crippen molar-refractivity contribution in [2.24, 2.45) is 0 Å². The Morgan fingerprint density at radius 3 is 2.29 bits per heavy atom. The Morgan fingerprint density at radius 1 is 1.29 bits per heavy atom. The van der Waals surface area contributed by atoms with Crippen molar-refractivity contribution in [3.05, 3.63) is 22.2 Å². The van der Waals surface area contributed by atoms with Gasteiger partial charge in [-0.25, -0.2) is 0 Å². The molecule has 0 atom stereocenters. The number of methoxy groups -OCH3 is 1. The van der Waals surface area contributed by atoms with Gasteiger partial charge >= 0.3 is 0 Å². The van der Waals surface area contributed by atoms with E-state index in [9.17, 15) is 0 Å². The predicted octanol–water partition coefficient (Wildman–Crippen LogP) is 3.34. The van der Waals surface area contributed by atoms with Crippen LogP contribution >= 0.6 is 15.9 Å². The van der Waals surface area contributed by atoms with Crippen molar-refractivity contribution in [3.8, 4) is 5.75 Å². The molecule has 0 heterocycles. The number of anilines is 1. The summed E-state index contributed by atoms with van der Waals surface area (Å²) in [6, 6.07) is 3.91. The predicted molar refractivity (Wildman–Crippen MR) is 63.8 cm³/mol. The molecule has 0 aliphatic rings. The molecule has 0 saturated carbocycles. The van der Waals surface area contributed by atoms with Crippen LogP contribution in [0.5, 0.6) is 5.75 Å². The fourth-order valence-electron chi connectivity index (χ4n) is 1.40. The molecule has 2 N–H and O–H groups in total. The van der Waals surface area contributed by atoms with Gasteiger partial charge in [-0.1, -0.05) is 36.7 Å². The van der Waals surface area contributed by atoms with Gasteiger partial charge in [-0.15, -0.1) is 0 Å². The average molecular weight is 258 g/mol. The summed E-state index contributed by atoms with van der Waals surface area (Å²) in [5.74, 6) is 0.778. The van der Waals surface area contributed by atoms with E-state index in [0.29, 0.717) is 5.69 Å². The highest BCUT2D eigenvalue weighted by molar-refractivity contribution is 9.10. The van der Waals surface area contributed by atoms with Gasteiger partial charge in [0.15, 0.2) is 0 Å². The van der Waals surface area contributed by atoms with Gasteiger partial charge in [0.25, 0.3) is 0 Å². The largest absolute Gasteiger partial charge is 0.494 e. The third kappa shape index (κ3) is 2.21. The maximum absolute atomic E-state index is 5.87. The molecule has 1 aromatic carbocycles. The first-order valence-electron chi connectivity index (χ1n) is 4.49. The molecule has 0 spiro atoms. The molecule has 2 nitrogen and oxygen atoms in total. The van der Waals surface area contributed by atoms with E-state index in [-0.39, 0.29) is 5.41 Å². The fraction of sp³-hybridized carbons (Fsp3) is 0.455. The third-order valence-electron chi connectivity index (χ3n) is 2.09. The SMILES string of the molecule is COc1c(N)cc(Br)cc1C(C)(C)C. The van der Waals surface area contributed by atoms with Crippen molar-refractivity contribution >= 4 is 21.6 Å². The Bertz CT molecular complexity index is 342. The molecular weight excluding hydrogens is 242 g/mol. The van der Waals surface area contributed by atoms with Gasteiger partial charge in [0.05, 0.1) is 12.8 Å². The van der Waals surface area contributed by atoms with E-state index in [2.05, 4.69) is 42.8 Å². The minimum absolute atomic E-state index is 0.0310. The van der Waals surface area contributed by atoms with Crippen LogP contribution in [0.4, 0.5) is 5.69 Å². The van der Waals surface area contributed by atoms with Crippen molar-refractivity contribution in [1.29, 1.82) is 0 Å². The van der Waals surface area contributed by atoms with Crippen molar-refractivity contribution in [1.82, 2.24) is 0 Å². The number of rotatable bonds is 1. The van der Waals surface area contributed by atoms with Crippen LogP contribution in [0, 0.1) is 0 Å². The van der Waals surface area contributed by atoms with Crippen LogP contribution in [0.2, 0.25) is 0 Å². The molecule has 0 bridgehead atoms. The first-order valence-corrected chi connectivity index (χ1v) is 5.29. The van der Waals surface area contributed by atoms with Crippen LogP contribution in [0.15, 0.2) is 16.6 Å². The van der Waals surface area contributed by atoms with Crippen molar-refractivity contribution in [3.63, 3.8) is 0 Å². The maximum Gasteiger partial charge on any atom is 0.145 e. The van der Waals surface area contributed by atoms with E-state index in [1.54, 1.807) is 7.11 Å². The number of nitrogens with two attached hydrogens (primary N) is 1. The summed E-state index contributed by atoms with van der Waals surface area (Å²) in [4.78, 5) is 0. The lowest BCUT2D eigenvalue weighted by molar-refractivity contribution is 0.399. The standard InChI is InChI=1S/C11H16BrNO/c1-11(2,3)8-5-7(12)6-9(13)10(8)14-4/h5-6H,13H2,1-4H3. The number of ether oxygens (including phenoxy) is 1. The number of benzene rings is 1. The second kappa shape index (κ2) is 3.81. The monoisotopic (exact) mass is 257 g/mol. The molecular formula is C11H16BrNO. The molecule has 3 heteroatoms. The molecule has 0 radical (unpaired) electrons. The Balaban J connectivity index is 3.40. The highest BCUT2D eigenvalue weighted by Crippen LogP contribution is 2.37. The normalized spacial score (nSPS) is 11.5. The average Bonchev–Trinajstić information content (AvgIpc) is 2.01. The molecule has 0 unspecified atom stereocenters. The van der Waals surface area contributed by atoms with Crippen LogP contribution in [-0.4, -0.2) is 7.11 Å². The lowest BCUT2D eigenvalue weighted by atomic mass is 9.86. The Morgan fingerprint density at radius 2 is 1.86 bits per heavy atom. The lowest BCUT2D eigenvalue weighted by Gasteiger charge is -2.23. The molecule has 0 aliphatic heterocycles. The minimum Gasteiger partial charge on any atom is -0.494 e. The van der Waals surface area contributed by atoms with Gasteiger partial charge in [-0.2, -0.15) is 0 Å². The zero-order valence-corrected chi connectivity index (χ0v) is 10.6. The first kappa shape index (κ1) is 11.4. The van der Waals surface area contributed by atoms with E-state index >= 15 is 0 Å². The summed E-state index contributed by atoms with van der Waals surface area (Å²) in [6.07, 6.45) is 0. The first-order chi connectivity index (χ1) is 6.36. The summed E-state index contributed by atoms with van der Waals surface area (Å²) in [5.41, 5.74) is 7.70. The number of hydrogen-bond acceptors (Lipinski definition) is 2. The van der Waals surface area contributed by atoms with E-state index in [4.69, 9.17) is 10.5 Å². The molecule has 0 aromatic heterocycles. The van der Waals surface area contributed by atoms with E-state index in [1.165, 1.54) is 0 Å². The molecule has 0 fully saturated rings. The maximum atomic E-state index is 5.87. The van der Waals surface area contributed by atoms with Gasteiger partial charge in [0, 0.05) is 10.0 Å². The number of hydrogen-bond donors (Lipinski definition) is 1. The van der Waals surface area contributed by atoms with E-state index in [0.717, 1.165) is 15.8 Å². The van der Waals surface area contributed by atoms with Crippen molar-refractivity contribution < 1.29 is 4.74 Å². The van der Waals surface area contributed by atoms with Gasteiger partial charge in [-0.05, 0) is 17.5 Å². The zero-order chi connectivity index (χ0) is 10.9. The fourth-order valence-corrected chi connectivity index (χ4v) is 1.88. The minimum atomic E-state index is 0.0310. The van der Waals surface area contributed by atoms with Crippen LogP contribution < -0.4 is 10.5 Å². The van der Waals surface area contributed by atoms with Crippen molar-refractivity contribution in [2.45, 2.75) is 26.2 Å². The second-order valence-electron chi connectivity index (χ2n) is 4.33. The van der Waals surface area contributed by atoms with Crippen LogP contribution in [0.25, 0.3) is 0 Å². The summed E-state index contributed by atoms with van der Waals surface area (Å²) < 4.78 is 6.30. The van der Waals surface area contributed by atoms with Crippen LogP contribution in [-0.2, 0) is 5.41 Å². The summed E-state index contributed by atoms with van der Waals surface area (Å²) in [5, 5.41) is 0. The summed E-state index contributed by atoms with van der Waals surface area (Å²) in [7, 11) is 1.65. The highest BCUT2D eigenvalue weighted by Gasteiger charge is 2.20. The molecule has 78 valence electrons. The molecule has 1 rings (SSSR count). The summed E-state index contributed by atoms with van der Waals surface area (Å²) in [6.45, 7) is 6.41. The van der Waals surface area contributed by atoms with Gasteiger partial charge < -0.3 is 10.5 Å². The second-order valence-corrected chi connectivity index (χ2v) is 5.24. The lowest BCUT2D eigenvalue weighted by Crippen LogP contribution is -2.13. The van der Waals surface area contributed by atoms with E-state index in [1.807, 2.05) is 6.07 Å². The Kier molecular flexibility index (Phi) is 3.10. The van der Waals surface area contributed by atoms with Crippen LogP contribution in [0.3, 0.4) is 0 Å². The molecule has 0 amide bonds. The smallest absolute Gasteiger partial charge is 0.145 e. The zero-order valence-electron chi connectivity index (χ0n) is 9.02. The Hall–Kier alpha value is -0.700. The van der Waals surface area contributed by atoms with Gasteiger partial charge in [0.1, 0.15) is 5.75 Å². The van der Waals surface area contributed by atoms with Crippen molar-refractivity contribution in [2.75, 3.05) is 12.8 Å². The summed E-state index contributed by atoms with van der Waals surface area (Å²) >= 11 is 3.43. The van der Waals surface area contributed by atoms with Crippen LogP contribution in [0.1, 0.15) is 26.3 Å². The molecule has 0 aliphatic carbocycles. The quantitative estimate of drug-likeness (QED) is 0.784. The van der Waals surface area contributed by atoms with E-state index < -0.39 is 0 Å². The van der Waals surface area contributed by atoms with Gasteiger partial charge in [0.2, 0.25) is 0 Å².